The van der Waals surface area contributed by atoms with Gasteiger partial charge in [-0.1, -0.05) is 11.6 Å². The van der Waals surface area contributed by atoms with Crippen molar-refractivity contribution in [2.45, 2.75) is 18.6 Å². The molecule has 0 aromatic heterocycles. The molecule has 0 aliphatic carbocycles. The Bertz CT molecular complexity index is 615. The van der Waals surface area contributed by atoms with Gasteiger partial charge in [0.1, 0.15) is 0 Å². The quantitative estimate of drug-likeness (QED) is 0.810. The molecular weight excluding hydrogens is 296 g/mol. The minimum atomic E-state index is -0.581. The number of carbonyl (C=O) groups excluding carboxylic acids is 2. The summed E-state index contributed by atoms with van der Waals surface area (Å²) < 4.78 is 0.166. The first kappa shape index (κ1) is 13.8. The zero-order chi connectivity index (χ0) is 14.5. The molecule has 6 heteroatoms. The fraction of sp³-hybridized carbons (Fsp3) is 0.429. The van der Waals surface area contributed by atoms with Gasteiger partial charge in [0.05, 0.1) is 22.0 Å². The Balaban J connectivity index is 1.98. The highest BCUT2D eigenvalue weighted by molar-refractivity contribution is 8.00. The third-order valence-corrected chi connectivity index (χ3v) is 5.15. The van der Waals surface area contributed by atoms with Crippen LogP contribution in [0.15, 0.2) is 12.1 Å². The third kappa shape index (κ3) is 2.29. The highest BCUT2D eigenvalue weighted by atomic mass is 35.5. The molecule has 3 rings (SSSR count). The molecule has 1 fully saturated rings. The van der Waals surface area contributed by atoms with Crippen molar-refractivity contribution in [3.63, 3.8) is 0 Å². The van der Waals surface area contributed by atoms with Crippen molar-refractivity contribution in [1.82, 2.24) is 0 Å². The van der Waals surface area contributed by atoms with Gasteiger partial charge in [0, 0.05) is 23.6 Å². The van der Waals surface area contributed by atoms with E-state index in [0.717, 1.165) is 24.5 Å². The first-order chi connectivity index (χ1) is 9.37. The van der Waals surface area contributed by atoms with Crippen molar-refractivity contribution in [1.29, 1.82) is 0 Å². The van der Waals surface area contributed by atoms with Gasteiger partial charge in [-0.25, -0.2) is 0 Å². The second-order valence-corrected chi connectivity index (χ2v) is 7.87. The summed E-state index contributed by atoms with van der Waals surface area (Å²) in [6.07, 6.45) is 0. The number of nitrogens with one attached hydrogen (secondary N) is 1. The number of hydrogen-bond acceptors (Lipinski definition) is 4. The van der Waals surface area contributed by atoms with Gasteiger partial charge >= 0.3 is 0 Å². The number of ketones is 1. The lowest BCUT2D eigenvalue weighted by Crippen LogP contribution is -2.43. The lowest BCUT2D eigenvalue weighted by atomic mass is 10.1. The molecule has 1 saturated heterocycles. The van der Waals surface area contributed by atoms with Gasteiger partial charge in [0.2, 0.25) is 0 Å². The Morgan fingerprint density at radius 2 is 2.10 bits per heavy atom. The lowest BCUT2D eigenvalue weighted by Gasteiger charge is -2.39. The Kier molecular flexibility index (Phi) is 3.21. The van der Waals surface area contributed by atoms with Gasteiger partial charge in [0.15, 0.2) is 0 Å². The molecule has 1 aromatic carbocycles. The number of nitrogens with zero attached hydrogens (tertiary/aromatic N) is 1. The van der Waals surface area contributed by atoms with E-state index in [2.05, 4.69) is 24.1 Å². The summed E-state index contributed by atoms with van der Waals surface area (Å²) in [6.45, 7) is 6.21. The predicted molar refractivity (Wildman–Crippen MR) is 83.2 cm³/mol. The number of amides is 1. The summed E-state index contributed by atoms with van der Waals surface area (Å²) in [6, 6.07) is 3.41. The smallest absolute Gasteiger partial charge is 0.296 e. The fourth-order valence-electron chi connectivity index (χ4n) is 2.62. The maximum Gasteiger partial charge on any atom is 0.296 e. The van der Waals surface area contributed by atoms with E-state index in [1.165, 1.54) is 0 Å². The zero-order valence-electron chi connectivity index (χ0n) is 11.3. The van der Waals surface area contributed by atoms with Crippen molar-refractivity contribution in [2.24, 2.45) is 0 Å². The van der Waals surface area contributed by atoms with E-state index >= 15 is 0 Å². The number of Topliss-reactive ketones (excluding diaryl/α,β-unsaturated/α-hetero) is 1. The molecular formula is C14H15ClN2O2S. The Hall–Kier alpha value is -1.20. The standard InChI is InChI=1S/C14H15ClN2O2S/c1-14(2)7-17(3-4-20-14)11-6-10-8(5-9(11)15)12(18)13(19)16-10/h5-6H,3-4,7H2,1-2H3,(H,16,18,19). The molecule has 0 atom stereocenters. The molecule has 1 N–H and O–H groups in total. The van der Waals surface area contributed by atoms with Gasteiger partial charge in [-0.15, -0.1) is 0 Å². The van der Waals surface area contributed by atoms with Crippen LogP contribution in [0, 0.1) is 0 Å². The highest BCUT2D eigenvalue weighted by Gasteiger charge is 2.32. The minimum Gasteiger partial charge on any atom is -0.368 e. The van der Waals surface area contributed by atoms with Crippen molar-refractivity contribution in [2.75, 3.05) is 29.1 Å². The van der Waals surface area contributed by atoms with Crippen LogP contribution in [0.4, 0.5) is 11.4 Å². The lowest BCUT2D eigenvalue weighted by molar-refractivity contribution is -0.112. The SMILES string of the molecule is CC1(C)CN(c2cc3c(cc2Cl)C(=O)C(=O)N3)CCS1. The van der Waals surface area contributed by atoms with E-state index in [1.54, 1.807) is 6.07 Å². The van der Waals surface area contributed by atoms with E-state index in [0.29, 0.717) is 16.3 Å². The summed E-state index contributed by atoms with van der Waals surface area (Å²) in [5.74, 6) is -0.0585. The molecule has 0 bridgehead atoms. The number of fused-ring (bicyclic) bond motifs is 1. The fourth-order valence-corrected chi connectivity index (χ4v) is 4.01. The van der Waals surface area contributed by atoms with Crippen LogP contribution >= 0.6 is 23.4 Å². The summed E-state index contributed by atoms with van der Waals surface area (Å²) in [7, 11) is 0. The molecule has 106 valence electrons. The van der Waals surface area contributed by atoms with Gasteiger partial charge in [0.25, 0.3) is 11.7 Å². The van der Waals surface area contributed by atoms with Crippen LogP contribution in [0.25, 0.3) is 0 Å². The van der Waals surface area contributed by atoms with Crippen molar-refractivity contribution in [3.8, 4) is 0 Å². The molecule has 4 nitrogen and oxygen atoms in total. The number of halogens is 1. The van der Waals surface area contributed by atoms with Gasteiger partial charge in [-0.3, -0.25) is 9.59 Å². The van der Waals surface area contributed by atoms with Crippen LogP contribution in [-0.2, 0) is 4.79 Å². The monoisotopic (exact) mass is 310 g/mol. The van der Waals surface area contributed by atoms with Crippen LogP contribution in [0.5, 0.6) is 0 Å². The van der Waals surface area contributed by atoms with Crippen molar-refractivity contribution >= 4 is 46.4 Å². The molecule has 2 aliphatic heterocycles. The molecule has 0 saturated carbocycles. The maximum absolute atomic E-state index is 11.7. The number of rotatable bonds is 1. The summed E-state index contributed by atoms with van der Waals surface area (Å²) in [5.41, 5.74) is 1.82. The van der Waals surface area contributed by atoms with Gasteiger partial charge < -0.3 is 10.2 Å². The number of thioether (sulfide) groups is 1. The van der Waals surface area contributed by atoms with E-state index in [4.69, 9.17) is 11.6 Å². The minimum absolute atomic E-state index is 0.166. The van der Waals surface area contributed by atoms with Gasteiger partial charge in [-0.05, 0) is 26.0 Å². The second-order valence-electron chi connectivity index (χ2n) is 5.66. The first-order valence-corrected chi connectivity index (χ1v) is 7.82. The van der Waals surface area contributed by atoms with Crippen LogP contribution in [0.1, 0.15) is 24.2 Å². The van der Waals surface area contributed by atoms with E-state index in [1.807, 2.05) is 17.8 Å². The normalized spacial score (nSPS) is 20.9. The number of anilines is 2. The van der Waals surface area contributed by atoms with Crippen LogP contribution in [-0.4, -0.2) is 35.3 Å². The number of hydrogen-bond donors (Lipinski definition) is 1. The number of benzene rings is 1. The molecule has 0 spiro atoms. The molecule has 2 heterocycles. The summed E-state index contributed by atoms with van der Waals surface area (Å²) in [5, 5.41) is 3.12. The average Bonchev–Trinajstić information content (AvgIpc) is 2.63. The van der Waals surface area contributed by atoms with Crippen LogP contribution in [0.3, 0.4) is 0 Å². The molecule has 2 aliphatic rings. The summed E-state index contributed by atoms with van der Waals surface area (Å²) >= 11 is 8.25. The molecule has 20 heavy (non-hydrogen) atoms. The second kappa shape index (κ2) is 4.67. The number of carbonyl (C=O) groups is 2. The molecule has 0 unspecified atom stereocenters. The van der Waals surface area contributed by atoms with Crippen molar-refractivity contribution in [3.05, 3.63) is 22.7 Å². The van der Waals surface area contributed by atoms with E-state index in [-0.39, 0.29) is 4.75 Å². The Morgan fingerprint density at radius 3 is 2.80 bits per heavy atom. The topological polar surface area (TPSA) is 49.4 Å². The molecule has 0 radical (unpaired) electrons. The Morgan fingerprint density at radius 1 is 1.35 bits per heavy atom. The first-order valence-electron chi connectivity index (χ1n) is 6.45. The van der Waals surface area contributed by atoms with Crippen LogP contribution < -0.4 is 10.2 Å². The van der Waals surface area contributed by atoms with E-state index in [9.17, 15) is 9.59 Å². The van der Waals surface area contributed by atoms with Crippen molar-refractivity contribution < 1.29 is 9.59 Å². The zero-order valence-corrected chi connectivity index (χ0v) is 12.9. The predicted octanol–water partition coefficient (Wildman–Crippen LogP) is 2.81. The average molecular weight is 311 g/mol. The largest absolute Gasteiger partial charge is 0.368 e. The summed E-state index contributed by atoms with van der Waals surface area (Å²) in [4.78, 5) is 25.3. The van der Waals surface area contributed by atoms with E-state index < -0.39 is 11.7 Å². The molecule has 1 amide bonds. The maximum atomic E-state index is 11.7. The Labute approximate surface area is 126 Å². The third-order valence-electron chi connectivity index (χ3n) is 3.55. The molecule has 1 aromatic rings. The van der Waals surface area contributed by atoms with Gasteiger partial charge in [-0.2, -0.15) is 11.8 Å². The highest BCUT2D eigenvalue weighted by Crippen LogP contribution is 2.39. The van der Waals surface area contributed by atoms with Crippen LogP contribution in [0.2, 0.25) is 5.02 Å².